The monoisotopic (exact) mass is 1860 g/mol. The molecule has 0 saturated heterocycles. The second kappa shape index (κ2) is 44.8. The minimum absolute atomic E-state index is 0. The molecule has 0 aliphatic carbocycles. The molecule has 4 radical (unpaired) electrons. The third-order valence-electron chi connectivity index (χ3n) is 9.83. The number of fused-ring (bicyclic) bond motifs is 1. The van der Waals surface area contributed by atoms with Crippen molar-refractivity contribution in [3.8, 4) is 62.7 Å². The number of carbonyl (C=O) groups excluding carboxylic acids is 3. The maximum absolute atomic E-state index is 10.0. The maximum Gasteiger partial charge on any atom is 0.155 e. The van der Waals surface area contributed by atoms with Crippen molar-refractivity contribution in [2.75, 3.05) is 6.61 Å². The zero-order valence-electron chi connectivity index (χ0n) is 47.6. The van der Waals surface area contributed by atoms with Gasteiger partial charge in [0.1, 0.15) is 29.0 Å². The van der Waals surface area contributed by atoms with E-state index in [-0.39, 0.29) is 115 Å². The molecule has 0 bridgehead atoms. The summed E-state index contributed by atoms with van der Waals surface area (Å²) in [4.78, 5) is 47.0. The first-order valence-corrected chi connectivity index (χ1v) is 25.5. The molecule has 452 valence electrons. The van der Waals surface area contributed by atoms with E-state index in [9.17, 15) is 14.4 Å². The van der Waals surface area contributed by atoms with Crippen molar-refractivity contribution in [2.24, 2.45) is 0 Å². The first-order valence-electron chi connectivity index (χ1n) is 25.5. The minimum Gasteiger partial charge on any atom is -0.513 e. The molecule has 14 nitrogen and oxygen atoms in total. The molecular formula is C67H64Ir4N4O10-4. The van der Waals surface area contributed by atoms with Crippen molar-refractivity contribution >= 4 is 28.4 Å². The molecule has 10 rings (SSSR count). The van der Waals surface area contributed by atoms with E-state index in [2.05, 4.69) is 51.1 Å². The second-order valence-electron chi connectivity index (χ2n) is 17.1. The van der Waals surface area contributed by atoms with Crippen LogP contribution in [0.15, 0.2) is 237 Å². The van der Waals surface area contributed by atoms with Crippen LogP contribution in [0, 0.1) is 24.3 Å². The largest absolute Gasteiger partial charge is 0.513 e. The number of hydrogen-bond acceptors (Lipinski definition) is 14. The maximum atomic E-state index is 10.0. The number of ketones is 3. The standard InChI is InChI=1S/C15H10NO.C15H16NO.C13H8NO.C9H6NO.3C5H8O2.4Ir/c1-3-7-12(8-4-1)14-11-16-15(17-14)13-9-5-2-6-10-13;1-2-3-11-17-14-8-6-7-13(12-14)15-9-4-5-10-16-15;1-2-6-10(7-3-1)13-14-11-8-4-5-9-12(11)15-13;1-2-4-8(5-3-1)9-10-6-7-11-9;3*1-4(6)3-5(2)7;;;;/h1-9,11H;4-6,8-10,12H,2-3,11H2,1H3;1-6,8-9H;1-4,6-7H;3*3,6H,1-2H3;;;;/q4*-1;;;;;;;. The average molecular weight is 1850 g/mol. The van der Waals surface area contributed by atoms with Gasteiger partial charge in [-0.2, -0.15) is 0 Å². The van der Waals surface area contributed by atoms with Gasteiger partial charge in [-0.1, -0.05) is 84.6 Å². The Morgan fingerprint density at radius 2 is 1.02 bits per heavy atom. The van der Waals surface area contributed by atoms with E-state index in [1.165, 1.54) is 59.8 Å². The van der Waals surface area contributed by atoms with Gasteiger partial charge in [0.25, 0.3) is 0 Å². The van der Waals surface area contributed by atoms with Crippen LogP contribution < -0.4 is 4.74 Å². The Kier molecular flexibility index (Phi) is 40.8. The van der Waals surface area contributed by atoms with Crippen molar-refractivity contribution in [3.63, 3.8) is 0 Å². The van der Waals surface area contributed by atoms with Crippen LogP contribution in [-0.4, -0.2) is 59.2 Å². The third-order valence-corrected chi connectivity index (χ3v) is 9.83. The summed E-state index contributed by atoms with van der Waals surface area (Å²) in [5, 5.41) is 25.1. The fourth-order valence-corrected chi connectivity index (χ4v) is 6.48. The topological polar surface area (TPSA) is 212 Å². The number of allylic oxidation sites excluding steroid dienone is 6. The molecule has 4 heterocycles. The van der Waals surface area contributed by atoms with Crippen molar-refractivity contribution < 1.29 is 128 Å². The normalized spacial score (nSPS) is 10.1. The van der Waals surface area contributed by atoms with Crippen LogP contribution in [-0.2, 0) is 94.8 Å². The molecule has 0 unspecified atom stereocenters. The zero-order chi connectivity index (χ0) is 58.6. The molecule has 0 amide bonds. The van der Waals surface area contributed by atoms with Crippen molar-refractivity contribution in [1.29, 1.82) is 0 Å². The fraction of sp³-hybridized carbons (Fsp3) is 0.149. The summed E-state index contributed by atoms with van der Waals surface area (Å²) in [5.41, 5.74) is 7.26. The number of oxazole rings is 3. The van der Waals surface area contributed by atoms with E-state index in [0.717, 1.165) is 75.6 Å². The molecule has 0 aliphatic heterocycles. The van der Waals surface area contributed by atoms with Crippen LogP contribution in [0.1, 0.15) is 61.3 Å². The number of carbonyl (C=O) groups is 3. The predicted octanol–water partition coefficient (Wildman–Crippen LogP) is 16.1. The summed E-state index contributed by atoms with van der Waals surface area (Å²) in [6.45, 7) is 11.5. The number of benzene rings is 6. The Labute approximate surface area is 551 Å². The third kappa shape index (κ3) is 32.3. The number of para-hydroxylation sites is 2. The van der Waals surface area contributed by atoms with Gasteiger partial charge in [-0.3, -0.25) is 29.3 Å². The number of hydrogen-bond donors (Lipinski definition) is 3. The van der Waals surface area contributed by atoms with Crippen molar-refractivity contribution in [2.45, 2.75) is 61.3 Å². The van der Waals surface area contributed by atoms with Crippen LogP contribution in [0.25, 0.3) is 68.0 Å². The summed E-state index contributed by atoms with van der Waals surface area (Å²) < 4.78 is 22.1. The summed E-state index contributed by atoms with van der Waals surface area (Å²) in [7, 11) is 0. The number of unbranched alkanes of at least 4 members (excludes halogenated alkanes) is 1. The van der Waals surface area contributed by atoms with E-state index >= 15 is 0 Å². The Morgan fingerprint density at radius 3 is 1.48 bits per heavy atom. The van der Waals surface area contributed by atoms with Gasteiger partial charge < -0.3 is 38.3 Å². The molecule has 0 aliphatic rings. The number of pyridine rings is 1. The molecule has 0 atom stereocenters. The van der Waals surface area contributed by atoms with Gasteiger partial charge in [-0.15, -0.1) is 121 Å². The summed E-state index contributed by atoms with van der Waals surface area (Å²) in [6.07, 6.45) is 12.4. The van der Waals surface area contributed by atoms with E-state index < -0.39 is 0 Å². The van der Waals surface area contributed by atoms with Crippen LogP contribution in [0.5, 0.6) is 5.75 Å². The Balaban J connectivity index is 0.000000991. The molecule has 10 aromatic rings. The molecular weight excluding hydrogens is 1790 g/mol. The number of ether oxygens (including phenoxy) is 1. The van der Waals surface area contributed by atoms with Gasteiger partial charge >= 0.3 is 0 Å². The van der Waals surface area contributed by atoms with Crippen LogP contribution >= 0.6 is 0 Å². The minimum atomic E-state index is -0.125. The SMILES string of the molecule is CC(=O)C=C(C)O.CC(=O)C=C(C)O.CC(=O)C=C(C)O.CCCCOc1cc[c-]c(-c2ccccn2)c1.[Ir].[Ir].[Ir].[Ir].[c-]1ccccc1-c1nc2ccccc2o1.[c-]1ccccc1-c1ncc(-c2ccccc2)o1.[c-]1ccccc1-c1ncco1. The molecule has 6 aromatic carbocycles. The van der Waals surface area contributed by atoms with E-state index in [1.54, 1.807) is 24.9 Å². The smallest absolute Gasteiger partial charge is 0.155 e. The number of nitrogens with zero attached hydrogens (tertiary/aromatic N) is 4. The fourth-order valence-electron chi connectivity index (χ4n) is 6.48. The molecule has 3 N–H and O–H groups in total. The van der Waals surface area contributed by atoms with Crippen molar-refractivity contribution in [1.82, 2.24) is 19.9 Å². The van der Waals surface area contributed by atoms with Crippen LogP contribution in [0.2, 0.25) is 0 Å². The average Bonchev–Trinajstić information content (AvgIpc) is 3.54. The van der Waals surface area contributed by atoms with Gasteiger partial charge in [0.15, 0.2) is 17.3 Å². The van der Waals surface area contributed by atoms with Gasteiger partial charge in [-0.05, 0) is 71.9 Å². The summed E-state index contributed by atoms with van der Waals surface area (Å²) in [6, 6.07) is 64.6. The second-order valence-corrected chi connectivity index (χ2v) is 17.1. The van der Waals surface area contributed by atoms with Gasteiger partial charge in [0.05, 0.1) is 48.1 Å². The summed E-state index contributed by atoms with van der Waals surface area (Å²) in [5.74, 6) is 3.31. The van der Waals surface area contributed by atoms with E-state index in [0.29, 0.717) is 17.7 Å². The zero-order valence-corrected chi connectivity index (χ0v) is 57.2. The Bertz CT molecular complexity index is 3320. The molecule has 0 saturated carbocycles. The van der Waals surface area contributed by atoms with E-state index in [1.807, 2.05) is 164 Å². The quantitative estimate of drug-likeness (QED) is 0.0450. The number of rotatable bonds is 12. The van der Waals surface area contributed by atoms with Crippen molar-refractivity contribution in [3.05, 3.63) is 248 Å². The molecule has 0 spiro atoms. The number of aliphatic hydroxyl groups is 3. The Morgan fingerprint density at radius 1 is 0.518 bits per heavy atom. The Hall–Kier alpha value is -7.61. The number of aromatic nitrogens is 4. The molecule has 85 heavy (non-hydrogen) atoms. The van der Waals surface area contributed by atoms with Crippen LogP contribution in [0.4, 0.5) is 0 Å². The first-order chi connectivity index (χ1) is 39.1. The van der Waals surface area contributed by atoms with Gasteiger partial charge in [-0.25, -0.2) is 0 Å². The van der Waals surface area contributed by atoms with Crippen LogP contribution in [0.3, 0.4) is 0 Å². The van der Waals surface area contributed by atoms with Gasteiger partial charge in [0.2, 0.25) is 0 Å². The molecule has 18 heteroatoms. The van der Waals surface area contributed by atoms with E-state index in [4.69, 9.17) is 33.3 Å². The number of aliphatic hydroxyl groups excluding tert-OH is 3. The van der Waals surface area contributed by atoms with Gasteiger partial charge in [0, 0.05) is 116 Å². The predicted molar refractivity (Wildman–Crippen MR) is 315 cm³/mol. The molecule has 4 aromatic heterocycles. The summed E-state index contributed by atoms with van der Waals surface area (Å²) >= 11 is 0. The molecule has 0 fully saturated rings. The first kappa shape index (κ1) is 77.4.